The molecule has 0 saturated heterocycles. The van der Waals surface area contributed by atoms with E-state index in [1.165, 1.54) is 32.3 Å². The highest BCUT2D eigenvalue weighted by Crippen LogP contribution is 2.44. The molecule has 0 radical (unpaired) electrons. The molecule has 0 N–H and O–H groups in total. The molecule has 0 spiro atoms. The van der Waals surface area contributed by atoms with E-state index in [-0.39, 0.29) is 0 Å². The van der Waals surface area contributed by atoms with Crippen molar-refractivity contribution in [2.75, 3.05) is 0 Å². The fourth-order valence-corrected chi connectivity index (χ4v) is 9.45. The summed E-state index contributed by atoms with van der Waals surface area (Å²) in [6, 6.07) is 68.6. The van der Waals surface area contributed by atoms with Crippen LogP contribution in [0.25, 0.3) is 127 Å². The Balaban J connectivity index is 1.10. The van der Waals surface area contributed by atoms with E-state index in [0.29, 0.717) is 17.5 Å². The molecule has 0 atom stereocenters. The van der Waals surface area contributed by atoms with Crippen LogP contribution in [-0.4, -0.2) is 19.5 Å². The molecule has 5 nitrogen and oxygen atoms in total. The van der Waals surface area contributed by atoms with Gasteiger partial charge in [-0.1, -0.05) is 164 Å². The fraction of sp³-hybridized carbons (Fsp3) is 0. The van der Waals surface area contributed by atoms with Crippen LogP contribution in [0.15, 0.2) is 199 Å². The normalized spacial score (nSPS) is 12.0. The molecule has 278 valence electrons. The summed E-state index contributed by atoms with van der Waals surface area (Å²) in [5.74, 6) is 1.78. The second-order valence-corrected chi connectivity index (χ2v) is 15.5. The third-order valence-electron chi connectivity index (χ3n) is 12.2. The number of fused-ring (bicyclic) bond motifs is 12. The highest BCUT2D eigenvalue weighted by Gasteiger charge is 2.23. The van der Waals surface area contributed by atoms with Gasteiger partial charge in [-0.3, -0.25) is 0 Å². The van der Waals surface area contributed by atoms with Crippen molar-refractivity contribution in [1.82, 2.24) is 19.5 Å². The molecule has 0 aliphatic carbocycles. The Kier molecular flexibility index (Phi) is 6.95. The van der Waals surface area contributed by atoms with Crippen molar-refractivity contribution in [1.29, 1.82) is 0 Å². The molecule has 3 aromatic heterocycles. The molecule has 3 heterocycles. The molecule has 0 saturated carbocycles. The van der Waals surface area contributed by atoms with Crippen molar-refractivity contribution in [2.45, 2.75) is 0 Å². The third-order valence-corrected chi connectivity index (χ3v) is 12.2. The molecule has 5 heteroatoms. The van der Waals surface area contributed by atoms with Gasteiger partial charge in [-0.15, -0.1) is 0 Å². The summed E-state index contributed by atoms with van der Waals surface area (Å²) in [6.07, 6.45) is 0. The van der Waals surface area contributed by atoms with Gasteiger partial charge in [-0.05, 0) is 62.6 Å². The minimum absolute atomic E-state index is 0.558. The van der Waals surface area contributed by atoms with E-state index in [9.17, 15) is 0 Å². The Morgan fingerprint density at radius 1 is 0.333 bits per heavy atom. The molecule has 0 aliphatic heterocycles. The van der Waals surface area contributed by atoms with E-state index in [1.807, 2.05) is 30.3 Å². The fourth-order valence-electron chi connectivity index (χ4n) is 9.45. The lowest BCUT2D eigenvalue weighted by Crippen LogP contribution is -2.00. The van der Waals surface area contributed by atoms with Gasteiger partial charge in [0.1, 0.15) is 11.2 Å². The second-order valence-electron chi connectivity index (χ2n) is 15.5. The maximum Gasteiger partial charge on any atom is 0.167 e. The molecule has 60 heavy (non-hydrogen) atoms. The molecule has 0 fully saturated rings. The van der Waals surface area contributed by atoms with Crippen LogP contribution in [0.5, 0.6) is 0 Å². The summed E-state index contributed by atoms with van der Waals surface area (Å²) in [4.78, 5) is 15.5. The Hall–Kier alpha value is -8.15. The zero-order chi connectivity index (χ0) is 39.3. The van der Waals surface area contributed by atoms with Crippen molar-refractivity contribution in [2.24, 2.45) is 0 Å². The summed E-state index contributed by atoms with van der Waals surface area (Å²) in [6.45, 7) is 0. The van der Waals surface area contributed by atoms with E-state index in [2.05, 4.69) is 168 Å². The first-order chi connectivity index (χ1) is 29.7. The van der Waals surface area contributed by atoms with Crippen molar-refractivity contribution < 1.29 is 4.42 Å². The lowest BCUT2D eigenvalue weighted by Gasteiger charge is -2.13. The monoisotopic (exact) mass is 764 g/mol. The topological polar surface area (TPSA) is 56.7 Å². The summed E-state index contributed by atoms with van der Waals surface area (Å²) in [5, 5.41) is 13.8. The Bertz CT molecular complexity index is 3890. The second kappa shape index (κ2) is 12.7. The number of hydrogen-bond acceptors (Lipinski definition) is 4. The molecule has 0 aliphatic rings. The Morgan fingerprint density at radius 2 is 0.900 bits per heavy atom. The summed E-state index contributed by atoms with van der Waals surface area (Å²) in [5.41, 5.74) is 7.68. The Labute approximate surface area is 343 Å². The average molecular weight is 765 g/mol. The first-order valence-corrected chi connectivity index (χ1v) is 20.3. The van der Waals surface area contributed by atoms with Gasteiger partial charge >= 0.3 is 0 Å². The number of para-hydroxylation sites is 1. The predicted octanol–water partition coefficient (Wildman–Crippen LogP) is 14.5. The van der Waals surface area contributed by atoms with Gasteiger partial charge in [0.25, 0.3) is 0 Å². The largest absolute Gasteiger partial charge is 0.455 e. The molecule has 10 aromatic carbocycles. The first kappa shape index (κ1) is 32.9. The van der Waals surface area contributed by atoms with Crippen LogP contribution in [0, 0.1) is 0 Å². The molecule has 13 aromatic rings. The minimum atomic E-state index is 0.558. The van der Waals surface area contributed by atoms with Crippen LogP contribution < -0.4 is 0 Å². The zero-order valence-electron chi connectivity index (χ0n) is 32.2. The lowest BCUT2D eigenvalue weighted by atomic mass is 10.0. The number of nitrogens with zero attached hydrogens (tertiary/aromatic N) is 4. The van der Waals surface area contributed by atoms with Crippen molar-refractivity contribution in [3.8, 4) is 39.9 Å². The average Bonchev–Trinajstić information content (AvgIpc) is 3.86. The lowest BCUT2D eigenvalue weighted by molar-refractivity contribution is 0.673. The quantitative estimate of drug-likeness (QED) is 0.179. The van der Waals surface area contributed by atoms with Gasteiger partial charge in [-0.2, -0.15) is 0 Å². The standard InChI is InChI=1S/C55H32N4O/c1-2-16-35(17-3-1)53-56-54(43-26-12-20-33-14-6-8-21-38(33)43)58-55(57-53)44-27-13-25-42-45-32-49(40-23-10-11-24-41(40)52(45)60-51(42)44)59-47-29-28-34-15-7-9-22-39(34)50(47)46-30-36-18-4-5-19-37(36)31-48(46)59/h1-32H. The minimum Gasteiger partial charge on any atom is -0.455 e. The highest BCUT2D eigenvalue weighted by molar-refractivity contribution is 6.25. The molecule has 13 rings (SSSR count). The van der Waals surface area contributed by atoms with Crippen molar-refractivity contribution in [3.63, 3.8) is 0 Å². The summed E-state index contributed by atoms with van der Waals surface area (Å²) < 4.78 is 9.53. The van der Waals surface area contributed by atoms with E-state index >= 15 is 0 Å². The van der Waals surface area contributed by atoms with Crippen LogP contribution >= 0.6 is 0 Å². The number of rotatable bonds is 4. The molecule has 0 bridgehead atoms. The Morgan fingerprint density at radius 3 is 1.72 bits per heavy atom. The highest BCUT2D eigenvalue weighted by atomic mass is 16.3. The number of hydrogen-bond donors (Lipinski definition) is 0. The number of aromatic nitrogens is 4. The molecular formula is C55H32N4O. The van der Waals surface area contributed by atoms with E-state index in [4.69, 9.17) is 19.4 Å². The number of benzene rings is 10. The van der Waals surface area contributed by atoms with Crippen molar-refractivity contribution >= 4 is 86.8 Å². The summed E-state index contributed by atoms with van der Waals surface area (Å²) >= 11 is 0. The van der Waals surface area contributed by atoms with Crippen molar-refractivity contribution in [3.05, 3.63) is 194 Å². The SMILES string of the molecule is c1ccc(-c2nc(-c3cccc4ccccc34)nc(-c3cccc4c3oc3c5ccccc5c(-n5c6cc7ccccc7cc6c6c7ccccc7ccc65)cc43)n2)cc1. The van der Waals surface area contributed by atoms with Gasteiger partial charge in [0.15, 0.2) is 17.5 Å². The van der Waals surface area contributed by atoms with Gasteiger partial charge in [0.05, 0.1) is 22.3 Å². The van der Waals surface area contributed by atoms with Crippen LogP contribution in [0.2, 0.25) is 0 Å². The van der Waals surface area contributed by atoms with Crippen LogP contribution in [-0.2, 0) is 0 Å². The van der Waals surface area contributed by atoms with Gasteiger partial charge < -0.3 is 8.98 Å². The predicted molar refractivity (Wildman–Crippen MR) is 248 cm³/mol. The molecule has 0 unspecified atom stereocenters. The third kappa shape index (κ3) is 4.84. The van der Waals surface area contributed by atoms with Gasteiger partial charge in [0.2, 0.25) is 0 Å². The van der Waals surface area contributed by atoms with Gasteiger partial charge in [0, 0.05) is 43.4 Å². The molecular weight excluding hydrogens is 733 g/mol. The van der Waals surface area contributed by atoms with E-state index < -0.39 is 0 Å². The van der Waals surface area contributed by atoms with Crippen LogP contribution in [0.1, 0.15) is 0 Å². The van der Waals surface area contributed by atoms with Crippen LogP contribution in [0.3, 0.4) is 0 Å². The first-order valence-electron chi connectivity index (χ1n) is 20.3. The zero-order valence-corrected chi connectivity index (χ0v) is 32.2. The van der Waals surface area contributed by atoms with E-state index in [0.717, 1.165) is 76.9 Å². The van der Waals surface area contributed by atoms with Crippen LogP contribution in [0.4, 0.5) is 0 Å². The summed E-state index contributed by atoms with van der Waals surface area (Å²) in [7, 11) is 0. The smallest absolute Gasteiger partial charge is 0.167 e. The van der Waals surface area contributed by atoms with E-state index in [1.54, 1.807) is 0 Å². The number of furan rings is 1. The van der Waals surface area contributed by atoms with Gasteiger partial charge in [-0.25, -0.2) is 15.0 Å². The maximum atomic E-state index is 7.07. The molecule has 0 amide bonds. The maximum absolute atomic E-state index is 7.07.